The van der Waals surface area contributed by atoms with E-state index >= 15 is 0 Å². The third-order valence-electron chi connectivity index (χ3n) is 2.70. The number of aromatic nitrogens is 1. The first-order valence-electron chi connectivity index (χ1n) is 7.36. The number of ether oxygens (including phenoxy) is 2. The molecule has 0 bridgehead atoms. The maximum Gasteiger partial charge on any atom is 0.356 e. The Morgan fingerprint density at radius 1 is 1.10 bits per heavy atom. The zero-order valence-electron chi connectivity index (χ0n) is 12.9. The number of hydrogen-bond acceptors (Lipinski definition) is 5. The van der Waals surface area contributed by atoms with Crippen molar-refractivity contribution in [2.75, 3.05) is 13.2 Å². The number of esters is 2. The van der Waals surface area contributed by atoms with Crippen molar-refractivity contribution >= 4 is 11.9 Å². The molecule has 21 heavy (non-hydrogen) atoms. The van der Waals surface area contributed by atoms with Crippen LogP contribution in [0.3, 0.4) is 0 Å². The molecule has 0 aliphatic heterocycles. The van der Waals surface area contributed by atoms with Crippen LogP contribution in [-0.2, 0) is 9.47 Å². The Morgan fingerprint density at radius 3 is 2.29 bits per heavy atom. The van der Waals surface area contributed by atoms with Crippen molar-refractivity contribution in [2.24, 2.45) is 5.92 Å². The zero-order valence-corrected chi connectivity index (χ0v) is 12.9. The van der Waals surface area contributed by atoms with E-state index in [-0.39, 0.29) is 17.3 Å². The van der Waals surface area contributed by atoms with Crippen molar-refractivity contribution in [3.63, 3.8) is 0 Å². The number of nitrogens with zero attached hydrogens (tertiary/aromatic N) is 1. The first-order valence-corrected chi connectivity index (χ1v) is 7.36. The van der Waals surface area contributed by atoms with Crippen LogP contribution < -0.4 is 0 Å². The van der Waals surface area contributed by atoms with E-state index in [9.17, 15) is 9.59 Å². The van der Waals surface area contributed by atoms with Crippen LogP contribution in [0.25, 0.3) is 0 Å². The highest BCUT2D eigenvalue weighted by molar-refractivity contribution is 5.91. The molecule has 0 N–H and O–H groups in total. The predicted octanol–water partition coefficient (Wildman–Crippen LogP) is 3.24. The van der Waals surface area contributed by atoms with Gasteiger partial charge in [0.2, 0.25) is 0 Å². The monoisotopic (exact) mass is 293 g/mol. The van der Waals surface area contributed by atoms with Crippen molar-refractivity contribution in [1.29, 1.82) is 0 Å². The molecular weight excluding hydrogens is 270 g/mol. The molecule has 0 saturated heterocycles. The van der Waals surface area contributed by atoms with Gasteiger partial charge in [-0.3, -0.25) is 0 Å². The molecule has 0 atom stereocenters. The summed E-state index contributed by atoms with van der Waals surface area (Å²) in [6.45, 7) is 6.67. The Kier molecular flexibility index (Phi) is 7.43. The molecule has 1 heterocycles. The van der Waals surface area contributed by atoms with Crippen molar-refractivity contribution in [2.45, 2.75) is 40.0 Å². The van der Waals surface area contributed by atoms with Gasteiger partial charge in [-0.25, -0.2) is 14.6 Å². The zero-order chi connectivity index (χ0) is 15.7. The van der Waals surface area contributed by atoms with E-state index in [1.54, 1.807) is 6.07 Å². The lowest BCUT2D eigenvalue weighted by atomic mass is 10.2. The van der Waals surface area contributed by atoms with Crippen LogP contribution in [0.1, 0.15) is 61.0 Å². The van der Waals surface area contributed by atoms with Crippen LogP contribution in [0.4, 0.5) is 0 Å². The summed E-state index contributed by atoms with van der Waals surface area (Å²) in [6.07, 6.45) is 2.91. The van der Waals surface area contributed by atoms with E-state index in [2.05, 4.69) is 11.9 Å². The van der Waals surface area contributed by atoms with E-state index in [4.69, 9.17) is 9.47 Å². The molecular formula is C16H23NO4. The molecule has 0 aliphatic carbocycles. The standard InChI is InChI=1S/C16H23NO4/c1-4-5-6-10-20-15(18)13-8-7-9-14(17-13)16(19)21-11-12(2)3/h7-9,12H,4-6,10-11H2,1-3H3. The highest BCUT2D eigenvalue weighted by Crippen LogP contribution is 2.05. The molecule has 1 rings (SSSR count). The van der Waals surface area contributed by atoms with Gasteiger partial charge in [-0.2, -0.15) is 0 Å². The van der Waals surface area contributed by atoms with Crippen molar-refractivity contribution in [1.82, 2.24) is 4.98 Å². The number of hydrogen-bond donors (Lipinski definition) is 0. The first kappa shape index (κ1) is 17.1. The largest absolute Gasteiger partial charge is 0.461 e. The predicted molar refractivity (Wildman–Crippen MR) is 79.2 cm³/mol. The van der Waals surface area contributed by atoms with Crippen molar-refractivity contribution in [3.05, 3.63) is 29.6 Å². The lowest BCUT2D eigenvalue weighted by Crippen LogP contribution is -2.15. The Hall–Kier alpha value is -1.91. The first-order chi connectivity index (χ1) is 10.0. The molecule has 0 spiro atoms. The number of carbonyl (C=O) groups excluding carboxylic acids is 2. The lowest BCUT2D eigenvalue weighted by molar-refractivity contribution is 0.0450. The normalized spacial score (nSPS) is 10.5. The minimum Gasteiger partial charge on any atom is -0.461 e. The van der Waals surface area contributed by atoms with Gasteiger partial charge in [-0.05, 0) is 24.5 Å². The van der Waals surface area contributed by atoms with Gasteiger partial charge < -0.3 is 9.47 Å². The van der Waals surface area contributed by atoms with Crippen LogP contribution in [0.5, 0.6) is 0 Å². The summed E-state index contributed by atoms with van der Waals surface area (Å²) < 4.78 is 10.2. The average molecular weight is 293 g/mol. The number of pyridine rings is 1. The number of rotatable bonds is 8. The second-order valence-corrected chi connectivity index (χ2v) is 5.24. The molecule has 1 aromatic rings. The molecule has 5 heteroatoms. The van der Waals surface area contributed by atoms with Gasteiger partial charge in [0.05, 0.1) is 13.2 Å². The Labute approximate surface area is 125 Å². The summed E-state index contributed by atoms with van der Waals surface area (Å²) in [5.74, 6) is -0.783. The van der Waals surface area contributed by atoms with Crippen LogP contribution in [0.2, 0.25) is 0 Å². The second kappa shape index (κ2) is 9.10. The highest BCUT2D eigenvalue weighted by Gasteiger charge is 2.14. The van der Waals surface area contributed by atoms with Crippen molar-refractivity contribution < 1.29 is 19.1 Å². The maximum absolute atomic E-state index is 11.8. The molecule has 0 fully saturated rings. The summed E-state index contributed by atoms with van der Waals surface area (Å²) >= 11 is 0. The maximum atomic E-state index is 11.8. The Bertz CT molecular complexity index is 471. The van der Waals surface area contributed by atoms with E-state index in [0.29, 0.717) is 13.2 Å². The number of carbonyl (C=O) groups is 2. The minimum atomic E-state index is -0.524. The van der Waals surface area contributed by atoms with E-state index in [1.807, 2.05) is 13.8 Å². The van der Waals surface area contributed by atoms with Gasteiger partial charge >= 0.3 is 11.9 Å². The Balaban J connectivity index is 2.58. The molecule has 0 radical (unpaired) electrons. The highest BCUT2D eigenvalue weighted by atomic mass is 16.5. The van der Waals surface area contributed by atoms with Gasteiger partial charge in [-0.15, -0.1) is 0 Å². The molecule has 1 aromatic heterocycles. The van der Waals surface area contributed by atoms with Gasteiger partial charge in [0.15, 0.2) is 0 Å². The van der Waals surface area contributed by atoms with E-state index in [1.165, 1.54) is 12.1 Å². The molecule has 0 unspecified atom stereocenters. The summed E-state index contributed by atoms with van der Waals surface area (Å²) in [7, 11) is 0. The topological polar surface area (TPSA) is 65.5 Å². The van der Waals surface area contributed by atoms with Gasteiger partial charge in [-0.1, -0.05) is 39.7 Å². The molecule has 0 amide bonds. The summed E-state index contributed by atoms with van der Waals surface area (Å²) in [5, 5.41) is 0. The third kappa shape index (κ3) is 6.38. The van der Waals surface area contributed by atoms with E-state index < -0.39 is 11.9 Å². The van der Waals surface area contributed by atoms with Crippen LogP contribution in [-0.4, -0.2) is 30.1 Å². The molecule has 0 aromatic carbocycles. The van der Waals surface area contributed by atoms with Gasteiger partial charge in [0.25, 0.3) is 0 Å². The summed E-state index contributed by atoms with van der Waals surface area (Å²) in [5.41, 5.74) is 0.254. The van der Waals surface area contributed by atoms with Gasteiger partial charge in [0.1, 0.15) is 11.4 Å². The fourth-order valence-corrected chi connectivity index (χ4v) is 1.57. The van der Waals surface area contributed by atoms with Crippen LogP contribution in [0.15, 0.2) is 18.2 Å². The van der Waals surface area contributed by atoms with Crippen molar-refractivity contribution in [3.8, 4) is 0 Å². The summed E-state index contributed by atoms with van der Waals surface area (Å²) in [4.78, 5) is 27.6. The fourth-order valence-electron chi connectivity index (χ4n) is 1.57. The third-order valence-corrected chi connectivity index (χ3v) is 2.70. The summed E-state index contributed by atoms with van der Waals surface area (Å²) in [6, 6.07) is 4.65. The lowest BCUT2D eigenvalue weighted by Gasteiger charge is -2.08. The fraction of sp³-hybridized carbons (Fsp3) is 0.562. The quantitative estimate of drug-likeness (QED) is 0.544. The van der Waals surface area contributed by atoms with E-state index in [0.717, 1.165) is 19.3 Å². The SMILES string of the molecule is CCCCCOC(=O)c1cccc(C(=O)OCC(C)C)n1. The second-order valence-electron chi connectivity index (χ2n) is 5.24. The van der Waals surface area contributed by atoms with Crippen LogP contribution >= 0.6 is 0 Å². The molecule has 5 nitrogen and oxygen atoms in total. The minimum absolute atomic E-state index is 0.124. The van der Waals surface area contributed by atoms with Crippen LogP contribution in [0, 0.1) is 5.92 Å². The van der Waals surface area contributed by atoms with Gasteiger partial charge in [0, 0.05) is 0 Å². The molecule has 0 saturated carbocycles. The number of unbranched alkanes of at least 4 members (excludes halogenated alkanes) is 2. The average Bonchev–Trinajstić information content (AvgIpc) is 2.49. The smallest absolute Gasteiger partial charge is 0.356 e. The Morgan fingerprint density at radius 2 is 1.71 bits per heavy atom. The molecule has 116 valence electrons. The molecule has 0 aliphatic rings.